The maximum atomic E-state index is 12.5. The van der Waals surface area contributed by atoms with Crippen LogP contribution in [-0.4, -0.2) is 53.7 Å². The summed E-state index contributed by atoms with van der Waals surface area (Å²) in [5.41, 5.74) is -2.27. The average molecular weight is 666 g/mol. The van der Waals surface area contributed by atoms with Gasteiger partial charge >= 0.3 is 11.6 Å². The Kier molecular flexibility index (Phi) is 12.0. The van der Waals surface area contributed by atoms with Crippen molar-refractivity contribution in [1.82, 2.24) is 19.1 Å². The van der Waals surface area contributed by atoms with Gasteiger partial charge in [-0.25, -0.2) is 23.5 Å². The number of hydrogen-bond donors (Lipinski definition) is 1. The van der Waals surface area contributed by atoms with E-state index in [9.17, 15) is 65.1 Å². The highest BCUT2D eigenvalue weighted by Crippen LogP contribution is 2.28. The fourth-order valence-electron chi connectivity index (χ4n) is 3.28. The van der Waals surface area contributed by atoms with Gasteiger partial charge in [0.15, 0.2) is 6.61 Å². The largest absolute Gasteiger partial charge is 0.483 e. The lowest BCUT2D eigenvalue weighted by Gasteiger charge is -2.04. The van der Waals surface area contributed by atoms with E-state index in [2.05, 4.69) is 9.97 Å². The normalized spacial score (nSPS) is 10.0. The van der Waals surface area contributed by atoms with Crippen LogP contribution in [0.15, 0.2) is 48.8 Å². The van der Waals surface area contributed by atoms with Gasteiger partial charge in [0, 0.05) is 0 Å². The Morgan fingerprint density at radius 1 is 0.638 bits per heavy atom. The Bertz CT molecular complexity index is 1790. The van der Waals surface area contributed by atoms with E-state index >= 15 is 0 Å². The highest BCUT2D eigenvalue weighted by Gasteiger charge is 2.20. The number of aliphatic hydroxyl groups is 1. The molecule has 25 heteroatoms. The van der Waals surface area contributed by atoms with E-state index in [0.717, 1.165) is 30.6 Å². The van der Waals surface area contributed by atoms with Crippen LogP contribution in [0.4, 0.5) is 38.8 Å². The molecule has 0 fully saturated rings. The number of aliphatic hydroxyl groups excluding tert-OH is 1. The van der Waals surface area contributed by atoms with Gasteiger partial charge in [-0.15, -0.1) is 0 Å². The van der Waals surface area contributed by atoms with Crippen molar-refractivity contribution < 1.29 is 43.8 Å². The summed E-state index contributed by atoms with van der Waals surface area (Å²) in [5.74, 6) is -1.01. The molecule has 1 N–H and O–H groups in total. The fourth-order valence-corrected chi connectivity index (χ4v) is 3.28. The monoisotopic (exact) mass is 666 g/mol. The smallest absolute Gasteiger partial charge is 0.342 e. The van der Waals surface area contributed by atoms with E-state index in [-0.39, 0.29) is 42.2 Å². The number of halogens is 1. The zero-order valence-electron chi connectivity index (χ0n) is 23.6. The molecule has 0 atom stereocenters. The second-order valence-electron chi connectivity index (χ2n) is 8.53. The van der Waals surface area contributed by atoms with Crippen LogP contribution >= 0.6 is 0 Å². The Balaban J connectivity index is 0.000000270. The summed E-state index contributed by atoms with van der Waals surface area (Å²) >= 11 is 0. The van der Waals surface area contributed by atoms with Crippen LogP contribution in [0.25, 0.3) is 0 Å². The molecule has 248 valence electrons. The third-order valence-corrected chi connectivity index (χ3v) is 5.59. The summed E-state index contributed by atoms with van der Waals surface area (Å²) < 4.78 is 20.2. The number of hydrogen-bond acceptors (Lipinski definition) is 16. The molecule has 24 nitrogen and oxygen atoms in total. The summed E-state index contributed by atoms with van der Waals surface area (Å²) in [6.07, 6.45) is 2.15. The second-order valence-corrected chi connectivity index (χ2v) is 8.53. The first-order valence-corrected chi connectivity index (χ1v) is 12.0. The fraction of sp³-hybridized carbons (Fsp3) is 0.182. The van der Waals surface area contributed by atoms with Crippen molar-refractivity contribution in [2.24, 2.45) is 14.1 Å². The lowest BCUT2D eigenvalue weighted by Crippen LogP contribution is -2.06. The molecule has 2 heterocycles. The number of rotatable bonds is 10. The minimum atomic E-state index is -0.999. The van der Waals surface area contributed by atoms with Gasteiger partial charge in [-0.05, 0) is 9.85 Å². The number of nitro groups is 6. The molecule has 0 unspecified atom stereocenters. The van der Waals surface area contributed by atoms with Crippen molar-refractivity contribution in [1.29, 1.82) is 0 Å². The minimum Gasteiger partial charge on any atom is -0.483 e. The molecule has 2 aromatic carbocycles. The maximum Gasteiger partial charge on any atom is 0.342 e. The molecule has 0 bridgehead atoms. The molecule has 0 aliphatic heterocycles. The number of imidazole rings is 2. The average Bonchev–Trinajstić information content (AvgIpc) is 3.57. The summed E-state index contributed by atoms with van der Waals surface area (Å²) in [4.78, 5) is 65.6. The lowest BCUT2D eigenvalue weighted by atomic mass is 10.2. The lowest BCUT2D eigenvalue weighted by molar-refractivity contribution is -0.394. The quantitative estimate of drug-likeness (QED) is 0.187. The Labute approximate surface area is 257 Å². The van der Waals surface area contributed by atoms with E-state index in [1.54, 1.807) is 0 Å². The summed E-state index contributed by atoms with van der Waals surface area (Å²) in [7, 11) is 2.89. The number of nitrogens with zero attached hydrogens (tertiary/aromatic N) is 10. The molecule has 0 aliphatic rings. The molecule has 0 saturated carbocycles. The predicted octanol–water partition coefficient (Wildman–Crippen LogP) is 3.19. The van der Waals surface area contributed by atoms with Gasteiger partial charge in [-0.2, -0.15) is 0 Å². The first-order chi connectivity index (χ1) is 22.0. The van der Waals surface area contributed by atoms with Gasteiger partial charge in [0.05, 0.1) is 70.2 Å². The van der Waals surface area contributed by atoms with Crippen LogP contribution in [0, 0.1) is 66.5 Å². The standard InChI is InChI=1S/C11H9N5O7.C6H3FN2O4.C5H7N3O3/c1-13-10(12-5-11(13)16(21)22)6-23-9-3-7(14(17)18)2-8(4-9)15(19)20;7-4-1-5(8(10)11)3-6(2-4)9(12)13;1-7-4(3-9)6-2-5(7)8(10)11/h2-5H,6H2,1H3;1-3H;2,9H,3H2,1H3. The van der Waals surface area contributed by atoms with E-state index in [1.807, 2.05) is 0 Å². The van der Waals surface area contributed by atoms with E-state index in [1.165, 1.54) is 23.2 Å². The van der Waals surface area contributed by atoms with Crippen LogP contribution in [0.1, 0.15) is 11.6 Å². The van der Waals surface area contributed by atoms with Crippen LogP contribution < -0.4 is 4.74 Å². The molecule has 4 aromatic rings. The third-order valence-electron chi connectivity index (χ3n) is 5.59. The number of ether oxygens (including phenoxy) is 1. The van der Waals surface area contributed by atoms with Crippen molar-refractivity contribution in [3.8, 4) is 5.75 Å². The topological polar surface area (TPSA) is 324 Å². The van der Waals surface area contributed by atoms with E-state index < -0.39 is 58.1 Å². The molecule has 0 spiro atoms. The molecule has 47 heavy (non-hydrogen) atoms. The van der Waals surface area contributed by atoms with Crippen LogP contribution in [0.2, 0.25) is 0 Å². The Morgan fingerprint density at radius 2 is 1.00 bits per heavy atom. The molecule has 0 amide bonds. The van der Waals surface area contributed by atoms with Gasteiger partial charge in [0.2, 0.25) is 11.6 Å². The summed E-state index contributed by atoms with van der Waals surface area (Å²) in [5, 5.41) is 71.4. The Hall–Kier alpha value is -7.05. The van der Waals surface area contributed by atoms with Crippen molar-refractivity contribution in [2.75, 3.05) is 0 Å². The minimum absolute atomic E-state index is 0.114. The Morgan fingerprint density at radius 3 is 1.32 bits per heavy atom. The first-order valence-electron chi connectivity index (χ1n) is 12.0. The van der Waals surface area contributed by atoms with Gasteiger partial charge in [0.1, 0.15) is 30.6 Å². The molecule has 0 saturated heterocycles. The summed E-state index contributed by atoms with van der Waals surface area (Å²) in [6.45, 7) is -0.535. The SMILES string of the molecule is Cn1c([N+](=O)[O-])cnc1CO.Cn1c([N+](=O)[O-])cnc1COc1cc([N+](=O)[O-])cc([N+](=O)[O-])c1.O=[N+]([O-])c1cc(F)cc([N+](=O)[O-])c1. The zero-order chi connectivity index (χ0) is 35.6. The van der Waals surface area contributed by atoms with Gasteiger partial charge < -0.3 is 30.1 Å². The number of nitro benzene ring substituents is 4. The molecule has 0 radical (unpaired) electrons. The molecule has 2 aromatic heterocycles. The first kappa shape index (κ1) is 36.1. The molecule has 4 rings (SSSR count). The molecular formula is C22H19FN10O14. The number of non-ortho nitro benzene ring substituents is 4. The summed E-state index contributed by atoms with van der Waals surface area (Å²) in [6, 6.07) is 4.77. The van der Waals surface area contributed by atoms with Gasteiger partial charge in [0.25, 0.3) is 22.7 Å². The van der Waals surface area contributed by atoms with Crippen molar-refractivity contribution in [3.05, 3.63) is 127 Å². The zero-order valence-corrected chi connectivity index (χ0v) is 23.6. The third kappa shape index (κ3) is 9.72. The number of aromatic nitrogens is 4. The van der Waals surface area contributed by atoms with Crippen LogP contribution in [-0.2, 0) is 27.3 Å². The van der Waals surface area contributed by atoms with E-state index in [4.69, 9.17) is 9.84 Å². The number of benzene rings is 2. The van der Waals surface area contributed by atoms with E-state index in [0.29, 0.717) is 18.2 Å². The van der Waals surface area contributed by atoms with Gasteiger partial charge in [-0.3, -0.25) is 40.5 Å². The predicted molar refractivity (Wildman–Crippen MR) is 149 cm³/mol. The van der Waals surface area contributed by atoms with Gasteiger partial charge in [-0.1, -0.05) is 0 Å². The highest BCUT2D eigenvalue weighted by molar-refractivity contribution is 5.49. The molecular weight excluding hydrogens is 647 g/mol. The van der Waals surface area contributed by atoms with Crippen LogP contribution in [0.5, 0.6) is 5.75 Å². The molecule has 0 aliphatic carbocycles. The van der Waals surface area contributed by atoms with Crippen molar-refractivity contribution in [3.63, 3.8) is 0 Å². The van der Waals surface area contributed by atoms with Crippen molar-refractivity contribution in [2.45, 2.75) is 13.2 Å². The van der Waals surface area contributed by atoms with Crippen LogP contribution in [0.3, 0.4) is 0 Å². The second kappa shape index (κ2) is 15.6. The maximum absolute atomic E-state index is 12.5. The van der Waals surface area contributed by atoms with Crippen molar-refractivity contribution >= 4 is 34.4 Å². The highest BCUT2D eigenvalue weighted by atomic mass is 19.1.